The topological polar surface area (TPSA) is 128 Å². The summed E-state index contributed by atoms with van der Waals surface area (Å²) in [5.74, 6) is 0.857. The lowest BCUT2D eigenvalue weighted by atomic mass is 9.95. The van der Waals surface area contributed by atoms with Gasteiger partial charge in [0.1, 0.15) is 6.04 Å². The molecule has 2 amide bonds. The molecule has 2 aromatic carbocycles. The van der Waals surface area contributed by atoms with Gasteiger partial charge in [0.15, 0.2) is 16.6 Å². The summed E-state index contributed by atoms with van der Waals surface area (Å²) in [6.07, 6.45) is 4.18. The number of amides is 2. The van der Waals surface area contributed by atoms with E-state index in [1.807, 2.05) is 26.0 Å². The van der Waals surface area contributed by atoms with Crippen molar-refractivity contribution < 1.29 is 23.8 Å². The molecule has 10 nitrogen and oxygen atoms in total. The summed E-state index contributed by atoms with van der Waals surface area (Å²) in [7, 11) is 4.67. The third-order valence-electron chi connectivity index (χ3n) is 8.00. The zero-order valence-electron chi connectivity index (χ0n) is 25.4. The maximum Gasteiger partial charge on any atom is 0.248 e. The molecule has 1 heterocycles. The lowest BCUT2D eigenvalue weighted by molar-refractivity contribution is -0.120. The molecule has 0 unspecified atom stereocenters. The van der Waals surface area contributed by atoms with Crippen molar-refractivity contribution in [3.8, 4) is 28.4 Å². The quantitative estimate of drug-likeness (QED) is 0.315. The van der Waals surface area contributed by atoms with Crippen LogP contribution in [0, 0.1) is 5.92 Å². The minimum Gasteiger partial charge on any atom is -0.493 e. The Balaban J connectivity index is 1.58. The van der Waals surface area contributed by atoms with Crippen LogP contribution in [0.1, 0.15) is 61.4 Å². The number of aromatic nitrogens is 1. The smallest absolute Gasteiger partial charge is 0.248 e. The summed E-state index contributed by atoms with van der Waals surface area (Å²) in [6, 6.07) is 5.88. The minimum atomic E-state index is -0.689. The molecule has 0 fully saturated rings. The van der Waals surface area contributed by atoms with E-state index in [1.165, 1.54) is 23.1 Å². The number of nitrogens with zero attached hydrogens (tertiary/aromatic N) is 1. The van der Waals surface area contributed by atoms with Crippen molar-refractivity contribution in [1.29, 1.82) is 0 Å². The van der Waals surface area contributed by atoms with Gasteiger partial charge < -0.3 is 30.2 Å². The van der Waals surface area contributed by atoms with E-state index in [2.05, 4.69) is 20.9 Å². The van der Waals surface area contributed by atoms with Crippen LogP contribution in [0.5, 0.6) is 17.2 Å². The molecular formula is C32H38N4O6S. The van der Waals surface area contributed by atoms with E-state index >= 15 is 0 Å². The van der Waals surface area contributed by atoms with Gasteiger partial charge in [-0.2, -0.15) is 0 Å². The first-order valence-electron chi connectivity index (χ1n) is 14.5. The van der Waals surface area contributed by atoms with Gasteiger partial charge in [0.25, 0.3) is 0 Å². The Kier molecular flexibility index (Phi) is 8.91. The number of methoxy groups -OCH3 is 3. The predicted octanol–water partition coefficient (Wildman–Crippen LogP) is 4.88. The first-order valence-corrected chi connectivity index (χ1v) is 15.3. The van der Waals surface area contributed by atoms with Gasteiger partial charge in [0.2, 0.25) is 23.0 Å². The van der Waals surface area contributed by atoms with E-state index in [-0.39, 0.29) is 28.8 Å². The van der Waals surface area contributed by atoms with E-state index in [0.29, 0.717) is 40.8 Å². The van der Waals surface area contributed by atoms with Crippen LogP contribution in [0.2, 0.25) is 0 Å². The van der Waals surface area contributed by atoms with Crippen LogP contribution >= 0.6 is 11.3 Å². The predicted molar refractivity (Wildman–Crippen MR) is 168 cm³/mol. The number of carbonyl (C=O) groups is 2. The summed E-state index contributed by atoms with van der Waals surface area (Å²) >= 11 is 1.52. The largest absolute Gasteiger partial charge is 0.493 e. The maximum atomic E-state index is 13.8. The standard InChI is InChI=1S/C32H38N4O6S/c1-16(2)28(31(39)36-32-35-23-8-7-9-26(23)43-32)34-22-13-11-19-20(15-24(22)38)21(33-17(3)37)12-10-18-14-25(40-4)29(41-5)30(42-6)27(18)19/h11,13-16,21,28H,7-10,12H2,1-6H3,(H,33,37)(H,34,38)(H,35,36,39)/t21-,28+/m1/s1. The number of nitrogens with one attached hydrogen (secondary N) is 3. The third-order valence-corrected chi connectivity index (χ3v) is 9.07. The van der Waals surface area contributed by atoms with Crippen LogP contribution in [0.4, 0.5) is 10.8 Å². The van der Waals surface area contributed by atoms with Crippen molar-refractivity contribution in [2.24, 2.45) is 5.92 Å². The average Bonchev–Trinajstić information content (AvgIpc) is 3.48. The maximum absolute atomic E-state index is 13.8. The highest BCUT2D eigenvalue weighted by atomic mass is 32.1. The van der Waals surface area contributed by atoms with Crippen LogP contribution in [-0.4, -0.2) is 44.2 Å². The van der Waals surface area contributed by atoms with Crippen molar-refractivity contribution in [2.75, 3.05) is 32.0 Å². The van der Waals surface area contributed by atoms with Gasteiger partial charge in [-0.1, -0.05) is 19.9 Å². The van der Waals surface area contributed by atoms with Crippen molar-refractivity contribution in [3.63, 3.8) is 0 Å². The van der Waals surface area contributed by atoms with E-state index < -0.39 is 12.1 Å². The van der Waals surface area contributed by atoms with Gasteiger partial charge >= 0.3 is 0 Å². The molecule has 0 saturated carbocycles. The fourth-order valence-electron chi connectivity index (χ4n) is 5.96. The Morgan fingerprint density at radius 3 is 2.44 bits per heavy atom. The van der Waals surface area contributed by atoms with Crippen LogP contribution in [0.3, 0.4) is 0 Å². The lowest BCUT2D eigenvalue weighted by Gasteiger charge is -2.21. The normalized spacial score (nSPS) is 15.8. The number of thiazole rings is 1. The molecule has 0 radical (unpaired) electrons. The number of anilines is 2. The lowest BCUT2D eigenvalue weighted by Crippen LogP contribution is -2.39. The number of carbonyl (C=O) groups excluding carboxylic acids is 2. The van der Waals surface area contributed by atoms with E-state index in [9.17, 15) is 14.4 Å². The number of hydrogen-bond donors (Lipinski definition) is 3. The molecule has 0 saturated heterocycles. The Bertz CT molecular complexity index is 1600. The second kappa shape index (κ2) is 12.6. The minimum absolute atomic E-state index is 0.126. The highest BCUT2D eigenvalue weighted by Gasteiger charge is 2.30. The summed E-state index contributed by atoms with van der Waals surface area (Å²) in [5, 5.41) is 9.77. The van der Waals surface area contributed by atoms with Crippen molar-refractivity contribution >= 4 is 34.0 Å². The number of aryl methyl sites for hydroxylation is 3. The Morgan fingerprint density at radius 1 is 1.02 bits per heavy atom. The molecule has 2 atom stereocenters. The molecule has 5 rings (SSSR count). The van der Waals surface area contributed by atoms with Crippen LogP contribution in [0.25, 0.3) is 11.1 Å². The van der Waals surface area contributed by atoms with Gasteiger partial charge in [0.05, 0.1) is 38.8 Å². The second-order valence-electron chi connectivity index (χ2n) is 11.2. The molecule has 2 aliphatic rings. The first-order chi connectivity index (χ1) is 20.6. The van der Waals surface area contributed by atoms with E-state index in [4.69, 9.17) is 14.2 Å². The summed E-state index contributed by atoms with van der Waals surface area (Å²) in [5.41, 5.74) is 4.10. The van der Waals surface area contributed by atoms with Crippen molar-refractivity contribution in [1.82, 2.24) is 10.3 Å². The summed E-state index contributed by atoms with van der Waals surface area (Å²) in [4.78, 5) is 45.3. The van der Waals surface area contributed by atoms with Crippen molar-refractivity contribution in [3.05, 3.63) is 56.2 Å². The van der Waals surface area contributed by atoms with Gasteiger partial charge in [-0.15, -0.1) is 11.3 Å². The average molecular weight is 607 g/mol. The molecule has 43 heavy (non-hydrogen) atoms. The van der Waals surface area contributed by atoms with E-state index in [0.717, 1.165) is 41.6 Å². The molecule has 0 aliphatic heterocycles. The number of fused-ring (bicyclic) bond motifs is 4. The molecule has 1 aromatic heterocycles. The first kappa shape index (κ1) is 30.3. The zero-order valence-corrected chi connectivity index (χ0v) is 26.2. The molecule has 228 valence electrons. The third kappa shape index (κ3) is 6.04. The number of ether oxygens (including phenoxy) is 3. The monoisotopic (exact) mass is 606 g/mol. The van der Waals surface area contributed by atoms with Gasteiger partial charge in [-0.25, -0.2) is 4.98 Å². The summed E-state index contributed by atoms with van der Waals surface area (Å²) < 4.78 is 17.1. The van der Waals surface area contributed by atoms with Gasteiger partial charge in [-0.05, 0) is 72.9 Å². The fraction of sp³-hybridized carbons (Fsp3) is 0.438. The van der Waals surface area contributed by atoms with Gasteiger partial charge in [-0.3, -0.25) is 14.4 Å². The highest BCUT2D eigenvalue weighted by Crippen LogP contribution is 2.50. The fourth-order valence-corrected chi connectivity index (χ4v) is 7.01. The number of benzene rings is 1. The molecule has 0 spiro atoms. The Hall–Kier alpha value is -4.12. The SMILES string of the molecule is COc1cc2c(c(OC)c1OC)-c1ccc(N[C@H](C(=O)Nc3nc4c(s3)CCC4)C(C)C)c(=O)cc1[C@H](NC(C)=O)CC2. The molecule has 3 N–H and O–H groups in total. The second-order valence-corrected chi connectivity index (χ2v) is 12.3. The van der Waals surface area contributed by atoms with Crippen molar-refractivity contribution in [2.45, 2.75) is 65.0 Å². The van der Waals surface area contributed by atoms with Crippen LogP contribution in [-0.2, 0) is 28.9 Å². The number of hydrogen-bond acceptors (Lipinski definition) is 9. The molecular weight excluding hydrogens is 568 g/mol. The number of rotatable bonds is 9. The van der Waals surface area contributed by atoms with E-state index in [1.54, 1.807) is 33.5 Å². The molecule has 0 bridgehead atoms. The molecule has 3 aromatic rings. The zero-order chi connectivity index (χ0) is 30.8. The Morgan fingerprint density at radius 2 is 1.79 bits per heavy atom. The summed E-state index contributed by atoms with van der Waals surface area (Å²) in [6.45, 7) is 5.31. The highest BCUT2D eigenvalue weighted by molar-refractivity contribution is 7.15. The molecule has 11 heteroatoms. The van der Waals surface area contributed by atoms with Gasteiger partial charge in [0, 0.05) is 17.4 Å². The molecule has 2 aliphatic carbocycles. The Labute approximate surface area is 255 Å². The van der Waals surface area contributed by atoms with Crippen LogP contribution in [0.15, 0.2) is 29.1 Å². The van der Waals surface area contributed by atoms with Crippen LogP contribution < -0.4 is 35.6 Å².